The number of carbonyl (C=O) groups is 1. The number of carboxylic acids is 1. The molecule has 0 unspecified atom stereocenters. The van der Waals surface area contributed by atoms with Crippen molar-refractivity contribution in [3.63, 3.8) is 0 Å². The number of aromatic hydroxyl groups is 1. The molecule has 0 radical (unpaired) electrons. The molecule has 22 heavy (non-hydrogen) atoms. The summed E-state index contributed by atoms with van der Waals surface area (Å²) in [7, 11) is 2.89. The zero-order valence-electron chi connectivity index (χ0n) is 11.9. The summed E-state index contributed by atoms with van der Waals surface area (Å²) >= 11 is 0. The minimum absolute atomic E-state index is 0.128. The van der Waals surface area contributed by atoms with Gasteiger partial charge in [0.2, 0.25) is 0 Å². The maximum absolute atomic E-state index is 12.0. The van der Waals surface area contributed by atoms with E-state index in [1.54, 1.807) is 12.1 Å². The number of carboxylic acid groups (broad SMARTS) is 1. The molecular weight excluding hydrogens is 292 g/mol. The van der Waals surface area contributed by atoms with Crippen molar-refractivity contribution in [1.82, 2.24) is 9.78 Å². The summed E-state index contributed by atoms with van der Waals surface area (Å²) in [4.78, 5) is 22.8. The van der Waals surface area contributed by atoms with E-state index in [1.165, 1.54) is 20.3 Å². The van der Waals surface area contributed by atoms with Crippen molar-refractivity contribution in [2.45, 2.75) is 6.42 Å². The molecule has 2 N–H and O–H groups in total. The molecule has 1 heterocycles. The molecule has 1 aromatic heterocycles. The van der Waals surface area contributed by atoms with Crippen molar-refractivity contribution in [1.29, 1.82) is 0 Å². The smallest absolute Gasteiger partial charge is 0.309 e. The minimum atomic E-state index is -1.18. The third-order valence-electron chi connectivity index (χ3n) is 2.92. The van der Waals surface area contributed by atoms with E-state index in [1.807, 2.05) is 0 Å². The van der Waals surface area contributed by atoms with Crippen molar-refractivity contribution < 1.29 is 24.5 Å². The molecule has 0 bridgehead atoms. The van der Waals surface area contributed by atoms with E-state index in [9.17, 15) is 14.7 Å². The lowest BCUT2D eigenvalue weighted by Crippen LogP contribution is -2.23. The van der Waals surface area contributed by atoms with E-state index < -0.39 is 23.7 Å². The lowest BCUT2D eigenvalue weighted by atomic mass is 10.2. The Morgan fingerprint density at radius 1 is 1.27 bits per heavy atom. The Kier molecular flexibility index (Phi) is 4.31. The molecular formula is C14H14N2O6. The van der Waals surface area contributed by atoms with Gasteiger partial charge in [-0.05, 0) is 12.1 Å². The Bertz CT molecular complexity index is 768. The van der Waals surface area contributed by atoms with Crippen LogP contribution in [0.25, 0.3) is 5.69 Å². The Morgan fingerprint density at radius 2 is 2.00 bits per heavy atom. The highest BCUT2D eigenvalue weighted by Gasteiger charge is 2.15. The molecule has 0 amide bonds. The van der Waals surface area contributed by atoms with Gasteiger partial charge in [0.05, 0.1) is 20.6 Å². The number of nitrogens with zero attached hydrogens (tertiary/aromatic N) is 2. The number of ether oxygens (including phenoxy) is 2. The van der Waals surface area contributed by atoms with Crippen molar-refractivity contribution in [2.75, 3.05) is 14.2 Å². The highest BCUT2D eigenvalue weighted by atomic mass is 16.5. The van der Waals surface area contributed by atoms with Crippen molar-refractivity contribution in [3.05, 3.63) is 40.3 Å². The first-order chi connectivity index (χ1) is 10.5. The lowest BCUT2D eigenvalue weighted by molar-refractivity contribution is -0.136. The third-order valence-corrected chi connectivity index (χ3v) is 2.92. The predicted octanol–water partition coefficient (Wildman–Crippen LogP) is 0.582. The summed E-state index contributed by atoms with van der Waals surface area (Å²) in [6, 6.07) is 5.66. The van der Waals surface area contributed by atoms with Gasteiger partial charge in [-0.15, -0.1) is 0 Å². The number of hydrogen-bond acceptors (Lipinski definition) is 6. The molecule has 0 saturated carbocycles. The number of aromatic nitrogens is 2. The van der Waals surface area contributed by atoms with Gasteiger partial charge >= 0.3 is 5.97 Å². The van der Waals surface area contributed by atoms with E-state index in [0.29, 0.717) is 11.5 Å². The van der Waals surface area contributed by atoms with Gasteiger partial charge in [0, 0.05) is 12.1 Å². The molecule has 0 atom stereocenters. The van der Waals surface area contributed by atoms with Crippen LogP contribution in [-0.4, -0.2) is 40.2 Å². The van der Waals surface area contributed by atoms with Crippen molar-refractivity contribution in [3.8, 4) is 22.9 Å². The van der Waals surface area contributed by atoms with Gasteiger partial charge in [0.1, 0.15) is 28.6 Å². The first-order valence-corrected chi connectivity index (χ1v) is 6.22. The van der Waals surface area contributed by atoms with Crippen molar-refractivity contribution >= 4 is 5.97 Å². The number of methoxy groups -OCH3 is 2. The zero-order chi connectivity index (χ0) is 16.3. The Morgan fingerprint density at radius 3 is 2.59 bits per heavy atom. The molecule has 0 spiro atoms. The van der Waals surface area contributed by atoms with Crippen LogP contribution in [0.15, 0.2) is 29.1 Å². The predicted molar refractivity (Wildman–Crippen MR) is 75.9 cm³/mol. The largest absolute Gasteiger partial charge is 0.506 e. The van der Waals surface area contributed by atoms with Gasteiger partial charge in [-0.2, -0.15) is 9.78 Å². The van der Waals surface area contributed by atoms with E-state index in [2.05, 4.69) is 5.10 Å². The lowest BCUT2D eigenvalue weighted by Gasteiger charge is -2.12. The topological polar surface area (TPSA) is 111 Å². The van der Waals surface area contributed by atoms with E-state index in [0.717, 1.165) is 10.7 Å². The minimum Gasteiger partial charge on any atom is -0.506 e. The van der Waals surface area contributed by atoms with Crippen LogP contribution in [0.4, 0.5) is 0 Å². The quantitative estimate of drug-likeness (QED) is 0.831. The summed E-state index contributed by atoms with van der Waals surface area (Å²) < 4.78 is 11.2. The Hall–Kier alpha value is -3.03. The molecule has 116 valence electrons. The van der Waals surface area contributed by atoms with Crippen LogP contribution in [0.3, 0.4) is 0 Å². The molecule has 8 nitrogen and oxygen atoms in total. The summed E-state index contributed by atoms with van der Waals surface area (Å²) in [5.74, 6) is -0.823. The molecule has 1 aromatic carbocycles. The van der Waals surface area contributed by atoms with Crippen molar-refractivity contribution in [2.24, 2.45) is 0 Å². The molecule has 0 saturated heterocycles. The van der Waals surface area contributed by atoms with Gasteiger partial charge in [-0.3, -0.25) is 9.59 Å². The molecule has 0 fully saturated rings. The van der Waals surface area contributed by atoms with Crippen LogP contribution < -0.4 is 15.0 Å². The number of benzene rings is 1. The summed E-state index contributed by atoms with van der Waals surface area (Å²) in [5.41, 5.74) is -0.478. The first-order valence-electron chi connectivity index (χ1n) is 6.22. The van der Waals surface area contributed by atoms with Gasteiger partial charge in [0.15, 0.2) is 0 Å². The fourth-order valence-corrected chi connectivity index (χ4v) is 1.89. The number of rotatable bonds is 5. The van der Waals surface area contributed by atoms with E-state index in [4.69, 9.17) is 14.6 Å². The SMILES string of the molecule is COc1ccc(OC)c(-n2nc(CC(=O)O)c(O)cc2=O)c1. The highest BCUT2D eigenvalue weighted by Crippen LogP contribution is 2.26. The summed E-state index contributed by atoms with van der Waals surface area (Å²) in [5, 5.41) is 22.4. The standard InChI is InChI=1S/C14H14N2O6/c1-21-8-3-4-12(22-2)10(5-8)16-13(18)7-11(17)9(15-16)6-14(19)20/h3-5,7,17H,6H2,1-2H3,(H,19,20). The molecule has 0 aliphatic carbocycles. The molecule has 0 aliphatic heterocycles. The van der Waals surface area contributed by atoms with Gasteiger partial charge < -0.3 is 19.7 Å². The maximum Gasteiger partial charge on any atom is 0.309 e. The maximum atomic E-state index is 12.0. The summed E-state index contributed by atoms with van der Waals surface area (Å²) in [6.45, 7) is 0. The highest BCUT2D eigenvalue weighted by molar-refractivity contribution is 5.70. The Balaban J connectivity index is 2.66. The monoisotopic (exact) mass is 306 g/mol. The fraction of sp³-hybridized carbons (Fsp3) is 0.214. The normalized spacial score (nSPS) is 10.3. The average molecular weight is 306 g/mol. The second kappa shape index (κ2) is 6.17. The second-order valence-electron chi connectivity index (χ2n) is 4.33. The molecule has 0 aliphatic rings. The van der Waals surface area contributed by atoms with Gasteiger partial charge in [-0.1, -0.05) is 0 Å². The molecule has 2 rings (SSSR count). The third kappa shape index (κ3) is 3.00. The second-order valence-corrected chi connectivity index (χ2v) is 4.33. The van der Waals surface area contributed by atoms with Gasteiger partial charge in [0.25, 0.3) is 5.56 Å². The van der Waals surface area contributed by atoms with Crippen LogP contribution >= 0.6 is 0 Å². The fourth-order valence-electron chi connectivity index (χ4n) is 1.89. The van der Waals surface area contributed by atoms with E-state index in [-0.39, 0.29) is 11.4 Å². The van der Waals surface area contributed by atoms with Crippen LogP contribution in [0.5, 0.6) is 17.2 Å². The van der Waals surface area contributed by atoms with Gasteiger partial charge in [-0.25, -0.2) is 0 Å². The molecule has 8 heteroatoms. The van der Waals surface area contributed by atoms with Crippen LogP contribution in [0, 0.1) is 0 Å². The van der Waals surface area contributed by atoms with Crippen LogP contribution in [0.2, 0.25) is 0 Å². The molecule has 2 aromatic rings. The summed E-state index contributed by atoms with van der Waals surface area (Å²) in [6.07, 6.45) is -0.515. The first kappa shape index (κ1) is 15.4. The zero-order valence-corrected chi connectivity index (χ0v) is 11.9. The number of aliphatic carboxylic acids is 1. The van der Waals surface area contributed by atoms with Crippen LogP contribution in [-0.2, 0) is 11.2 Å². The van der Waals surface area contributed by atoms with E-state index >= 15 is 0 Å². The van der Waals surface area contributed by atoms with Crippen LogP contribution in [0.1, 0.15) is 5.69 Å². The average Bonchev–Trinajstić information content (AvgIpc) is 2.49. The Labute approximate surface area is 125 Å². The number of hydrogen-bond donors (Lipinski definition) is 2.